The Morgan fingerprint density at radius 1 is 1.15 bits per heavy atom. The first-order chi connectivity index (χ1) is 13.0. The molecule has 0 saturated heterocycles. The summed E-state index contributed by atoms with van der Waals surface area (Å²) in [5, 5.41) is 0.614. The molecule has 2 aromatic heterocycles. The van der Waals surface area contributed by atoms with Crippen molar-refractivity contribution in [2.45, 2.75) is 32.7 Å². The number of nitrogens with zero attached hydrogens (tertiary/aromatic N) is 1. The van der Waals surface area contributed by atoms with Crippen LogP contribution in [0.1, 0.15) is 51.0 Å². The minimum Gasteiger partial charge on any atom is -0.453 e. The molecule has 0 aliphatic heterocycles. The number of hydrogen-bond acceptors (Lipinski definition) is 5. The predicted octanol–water partition coefficient (Wildman–Crippen LogP) is 3.59. The minimum atomic E-state index is -0.862. The fraction of sp³-hybridized carbons (Fsp3) is 0.286. The molecule has 0 spiro atoms. The minimum absolute atomic E-state index is 0.218. The van der Waals surface area contributed by atoms with E-state index >= 15 is 0 Å². The molecule has 1 aliphatic carbocycles. The highest BCUT2D eigenvalue weighted by molar-refractivity contribution is 6.00. The lowest BCUT2D eigenvalue weighted by Crippen LogP contribution is -2.20. The van der Waals surface area contributed by atoms with E-state index in [2.05, 4.69) is 4.57 Å². The molecular weight excluding hydrogens is 346 g/mol. The van der Waals surface area contributed by atoms with Crippen molar-refractivity contribution in [1.82, 2.24) is 4.57 Å². The van der Waals surface area contributed by atoms with Crippen LogP contribution >= 0.6 is 0 Å². The van der Waals surface area contributed by atoms with Crippen LogP contribution in [0.5, 0.6) is 0 Å². The van der Waals surface area contributed by atoms with Gasteiger partial charge >= 0.3 is 11.6 Å². The standard InChI is InChI=1S/C21H19NO5/c1-12-9-16(13(2)22(12)15-7-8-15)18(23)11-26-20(24)17-10-14-5-3-4-6-19(14)27-21(17)25/h3-6,9-10,15H,7-8,11H2,1-2H3. The second-order valence-electron chi connectivity index (χ2n) is 6.87. The highest BCUT2D eigenvalue weighted by Gasteiger charge is 2.28. The lowest BCUT2D eigenvalue weighted by molar-refractivity contribution is 0.0470. The number of aryl methyl sites for hydroxylation is 1. The first kappa shape index (κ1) is 17.3. The number of para-hydroxylation sites is 1. The molecule has 6 nitrogen and oxygen atoms in total. The van der Waals surface area contributed by atoms with E-state index in [4.69, 9.17) is 9.15 Å². The van der Waals surface area contributed by atoms with Crippen LogP contribution in [0.15, 0.2) is 45.6 Å². The van der Waals surface area contributed by atoms with Crippen LogP contribution in [0.3, 0.4) is 0 Å². The first-order valence-corrected chi connectivity index (χ1v) is 8.87. The molecule has 0 unspecified atom stereocenters. The third-order valence-electron chi connectivity index (χ3n) is 4.89. The molecule has 138 valence electrons. The molecule has 0 N–H and O–H groups in total. The van der Waals surface area contributed by atoms with Crippen molar-refractivity contribution < 1.29 is 18.7 Å². The van der Waals surface area contributed by atoms with E-state index in [-0.39, 0.29) is 11.3 Å². The van der Waals surface area contributed by atoms with Crippen molar-refractivity contribution in [2.24, 2.45) is 0 Å². The Labute approximate surface area is 155 Å². The maximum absolute atomic E-state index is 12.5. The number of aromatic nitrogens is 1. The first-order valence-electron chi connectivity index (χ1n) is 8.87. The molecule has 1 aliphatic rings. The second kappa shape index (κ2) is 6.54. The lowest BCUT2D eigenvalue weighted by Gasteiger charge is -2.08. The summed E-state index contributed by atoms with van der Waals surface area (Å²) in [6, 6.07) is 10.6. The number of fused-ring (bicyclic) bond motifs is 1. The fourth-order valence-corrected chi connectivity index (χ4v) is 3.44. The number of rotatable bonds is 5. The average Bonchev–Trinajstić information content (AvgIpc) is 3.43. The fourth-order valence-electron chi connectivity index (χ4n) is 3.44. The molecule has 1 saturated carbocycles. The summed E-state index contributed by atoms with van der Waals surface area (Å²) in [6.45, 7) is 3.45. The van der Waals surface area contributed by atoms with Gasteiger partial charge < -0.3 is 13.7 Å². The predicted molar refractivity (Wildman–Crippen MR) is 99.3 cm³/mol. The quantitative estimate of drug-likeness (QED) is 0.392. The highest BCUT2D eigenvalue weighted by Crippen LogP contribution is 2.38. The molecule has 4 rings (SSSR count). The number of hydrogen-bond donors (Lipinski definition) is 0. The second-order valence-corrected chi connectivity index (χ2v) is 6.87. The van der Waals surface area contributed by atoms with Gasteiger partial charge in [0.2, 0.25) is 5.78 Å². The van der Waals surface area contributed by atoms with Crippen molar-refractivity contribution in [1.29, 1.82) is 0 Å². The van der Waals surface area contributed by atoms with Gasteiger partial charge in [0.15, 0.2) is 6.61 Å². The number of ether oxygens (including phenoxy) is 1. The summed E-state index contributed by atoms with van der Waals surface area (Å²) in [5.74, 6) is -1.15. The largest absolute Gasteiger partial charge is 0.453 e. The van der Waals surface area contributed by atoms with Crippen LogP contribution in [0, 0.1) is 13.8 Å². The van der Waals surface area contributed by atoms with E-state index in [1.807, 2.05) is 19.9 Å². The van der Waals surface area contributed by atoms with Gasteiger partial charge in [-0.1, -0.05) is 18.2 Å². The normalized spacial score (nSPS) is 13.7. The van der Waals surface area contributed by atoms with E-state index in [9.17, 15) is 14.4 Å². The van der Waals surface area contributed by atoms with Gasteiger partial charge in [-0.25, -0.2) is 9.59 Å². The van der Waals surface area contributed by atoms with E-state index in [0.717, 1.165) is 24.2 Å². The van der Waals surface area contributed by atoms with Gasteiger partial charge in [0.1, 0.15) is 11.1 Å². The summed E-state index contributed by atoms with van der Waals surface area (Å²) >= 11 is 0. The molecule has 0 atom stereocenters. The van der Waals surface area contributed by atoms with Crippen LogP contribution in [-0.4, -0.2) is 22.9 Å². The number of carbonyl (C=O) groups is 2. The number of ketones is 1. The van der Waals surface area contributed by atoms with Gasteiger partial charge in [-0.2, -0.15) is 0 Å². The molecule has 2 heterocycles. The van der Waals surface area contributed by atoms with E-state index in [1.54, 1.807) is 24.3 Å². The summed E-state index contributed by atoms with van der Waals surface area (Å²) in [7, 11) is 0. The molecular formula is C21H19NO5. The van der Waals surface area contributed by atoms with Gasteiger partial charge in [-0.3, -0.25) is 4.79 Å². The van der Waals surface area contributed by atoms with E-state index in [1.165, 1.54) is 6.07 Å². The molecule has 0 bridgehead atoms. The number of esters is 1. The zero-order chi connectivity index (χ0) is 19.1. The summed E-state index contributed by atoms with van der Waals surface area (Å²) in [4.78, 5) is 36.8. The Balaban J connectivity index is 1.51. The van der Waals surface area contributed by atoms with Crippen LogP contribution in [-0.2, 0) is 4.74 Å². The van der Waals surface area contributed by atoms with Gasteiger partial charge in [-0.15, -0.1) is 0 Å². The Bertz CT molecular complexity index is 1120. The molecule has 27 heavy (non-hydrogen) atoms. The Morgan fingerprint density at radius 3 is 2.63 bits per heavy atom. The van der Waals surface area contributed by atoms with Crippen molar-refractivity contribution in [3.63, 3.8) is 0 Å². The molecule has 1 fully saturated rings. The Morgan fingerprint density at radius 2 is 1.89 bits per heavy atom. The topological polar surface area (TPSA) is 78.5 Å². The molecule has 0 amide bonds. The SMILES string of the molecule is Cc1cc(C(=O)COC(=O)c2cc3ccccc3oc2=O)c(C)n1C1CC1. The monoisotopic (exact) mass is 365 g/mol. The molecule has 6 heteroatoms. The average molecular weight is 365 g/mol. The third-order valence-corrected chi connectivity index (χ3v) is 4.89. The van der Waals surface area contributed by atoms with E-state index < -0.39 is 18.2 Å². The summed E-state index contributed by atoms with van der Waals surface area (Å²) < 4.78 is 12.4. The van der Waals surface area contributed by atoms with Crippen LogP contribution in [0.2, 0.25) is 0 Å². The molecule has 1 aromatic carbocycles. The van der Waals surface area contributed by atoms with Gasteiger partial charge in [0.05, 0.1) is 0 Å². The Hall–Kier alpha value is -3.15. The number of benzene rings is 1. The Kier molecular flexibility index (Phi) is 4.18. The third kappa shape index (κ3) is 3.18. The number of carbonyl (C=O) groups excluding carboxylic acids is 2. The molecule has 0 radical (unpaired) electrons. The van der Waals surface area contributed by atoms with Gasteiger partial charge in [0, 0.05) is 28.4 Å². The van der Waals surface area contributed by atoms with Crippen LogP contribution in [0.25, 0.3) is 11.0 Å². The zero-order valence-corrected chi connectivity index (χ0v) is 15.2. The summed E-state index contributed by atoms with van der Waals surface area (Å²) in [6.07, 6.45) is 2.24. The van der Waals surface area contributed by atoms with Crippen molar-refractivity contribution in [3.8, 4) is 0 Å². The molecule has 3 aromatic rings. The van der Waals surface area contributed by atoms with Crippen molar-refractivity contribution in [3.05, 3.63) is 69.3 Å². The lowest BCUT2D eigenvalue weighted by atomic mass is 10.1. The summed E-state index contributed by atoms with van der Waals surface area (Å²) in [5.41, 5.74) is 1.87. The van der Waals surface area contributed by atoms with Crippen LogP contribution in [0.4, 0.5) is 0 Å². The smallest absolute Gasteiger partial charge is 0.351 e. The van der Waals surface area contributed by atoms with Crippen LogP contribution < -0.4 is 5.63 Å². The maximum Gasteiger partial charge on any atom is 0.351 e. The van der Waals surface area contributed by atoms with Crippen molar-refractivity contribution in [2.75, 3.05) is 6.61 Å². The zero-order valence-electron chi connectivity index (χ0n) is 15.2. The maximum atomic E-state index is 12.5. The van der Waals surface area contributed by atoms with E-state index in [0.29, 0.717) is 22.6 Å². The van der Waals surface area contributed by atoms with Gasteiger partial charge in [0.25, 0.3) is 0 Å². The highest BCUT2D eigenvalue weighted by atomic mass is 16.5. The number of Topliss-reactive ketones (excluding diaryl/α,β-unsaturated/α-hetero) is 1. The van der Waals surface area contributed by atoms with Crippen molar-refractivity contribution >= 4 is 22.7 Å². The van der Waals surface area contributed by atoms with Gasteiger partial charge in [-0.05, 0) is 44.9 Å².